The molecule has 0 aliphatic carbocycles. The van der Waals surface area contributed by atoms with Crippen LogP contribution in [0.25, 0.3) is 10.9 Å². The summed E-state index contributed by atoms with van der Waals surface area (Å²) in [5, 5.41) is 1.81. The van der Waals surface area contributed by atoms with Gasteiger partial charge in [0.2, 0.25) is 0 Å². The largest absolute Gasteiger partial charge is 0.255 e. The third kappa shape index (κ3) is 2.80. The molecule has 1 aromatic heterocycles. The third-order valence-corrected chi connectivity index (χ3v) is 3.01. The average Bonchev–Trinajstić information content (AvgIpc) is 2.45. The number of rotatable bonds is 2. The van der Waals surface area contributed by atoms with Crippen molar-refractivity contribution in [2.24, 2.45) is 4.99 Å². The number of halogens is 1. The van der Waals surface area contributed by atoms with Gasteiger partial charge in [0.1, 0.15) is 0 Å². The van der Waals surface area contributed by atoms with Crippen molar-refractivity contribution in [1.29, 1.82) is 0 Å². The fourth-order valence-electron chi connectivity index (χ4n) is 1.85. The van der Waals surface area contributed by atoms with Crippen LogP contribution >= 0.6 is 11.6 Å². The van der Waals surface area contributed by atoms with E-state index in [-0.39, 0.29) is 0 Å². The highest BCUT2D eigenvalue weighted by Gasteiger charge is 1.95. The number of aromatic nitrogens is 1. The quantitative estimate of drug-likeness (QED) is 0.621. The molecule has 19 heavy (non-hydrogen) atoms. The van der Waals surface area contributed by atoms with Crippen LogP contribution in [0, 0.1) is 0 Å². The van der Waals surface area contributed by atoms with Gasteiger partial charge in [0.15, 0.2) is 0 Å². The first-order valence-corrected chi connectivity index (χ1v) is 6.34. The molecule has 0 saturated heterocycles. The molecule has 0 spiro atoms. The number of pyridine rings is 1. The van der Waals surface area contributed by atoms with Crippen LogP contribution in [-0.4, -0.2) is 11.2 Å². The van der Waals surface area contributed by atoms with Gasteiger partial charge in [-0.1, -0.05) is 41.9 Å². The normalized spacial score (nSPS) is 11.2. The van der Waals surface area contributed by atoms with E-state index in [9.17, 15) is 0 Å². The molecule has 0 N–H and O–H groups in total. The van der Waals surface area contributed by atoms with Gasteiger partial charge in [0.25, 0.3) is 0 Å². The van der Waals surface area contributed by atoms with E-state index in [0.29, 0.717) is 5.02 Å². The first-order chi connectivity index (χ1) is 9.31. The summed E-state index contributed by atoms with van der Waals surface area (Å²) in [4.78, 5) is 8.90. The molecule has 1 heterocycles. The second kappa shape index (κ2) is 5.21. The first-order valence-electron chi connectivity index (χ1n) is 5.97. The molecule has 0 aliphatic rings. The molecule has 2 aromatic carbocycles. The van der Waals surface area contributed by atoms with Crippen LogP contribution in [0.4, 0.5) is 5.69 Å². The second-order valence-electron chi connectivity index (χ2n) is 4.17. The molecule has 2 nitrogen and oxygen atoms in total. The molecular formula is C16H11ClN2. The molecule has 0 bridgehead atoms. The monoisotopic (exact) mass is 266 g/mol. The SMILES string of the molecule is Clc1cccc(N=Cc2ccc3ccccc3n2)c1. The number of fused-ring (bicyclic) bond motifs is 1. The number of hydrogen-bond acceptors (Lipinski definition) is 2. The summed E-state index contributed by atoms with van der Waals surface area (Å²) in [6.07, 6.45) is 1.75. The third-order valence-electron chi connectivity index (χ3n) is 2.77. The lowest BCUT2D eigenvalue weighted by Gasteiger charge is -1.98. The minimum Gasteiger partial charge on any atom is -0.255 e. The minimum atomic E-state index is 0.682. The van der Waals surface area contributed by atoms with Crippen molar-refractivity contribution in [3.63, 3.8) is 0 Å². The topological polar surface area (TPSA) is 25.2 Å². The maximum atomic E-state index is 5.92. The highest BCUT2D eigenvalue weighted by molar-refractivity contribution is 6.30. The lowest BCUT2D eigenvalue weighted by Crippen LogP contribution is -1.87. The van der Waals surface area contributed by atoms with E-state index in [1.807, 2.05) is 60.7 Å². The van der Waals surface area contributed by atoms with E-state index in [4.69, 9.17) is 11.6 Å². The fourth-order valence-corrected chi connectivity index (χ4v) is 2.04. The number of benzene rings is 2. The molecule has 3 aromatic rings. The maximum Gasteiger partial charge on any atom is 0.0820 e. The highest BCUT2D eigenvalue weighted by atomic mass is 35.5. The Labute approximate surface area is 116 Å². The Morgan fingerprint density at radius 3 is 2.74 bits per heavy atom. The minimum absolute atomic E-state index is 0.682. The zero-order chi connectivity index (χ0) is 13.1. The summed E-state index contributed by atoms with van der Waals surface area (Å²) in [7, 11) is 0. The van der Waals surface area contributed by atoms with E-state index in [2.05, 4.69) is 9.98 Å². The number of aliphatic imine (C=N–C) groups is 1. The first kappa shape index (κ1) is 11.9. The van der Waals surface area contributed by atoms with Crippen LogP contribution in [0.3, 0.4) is 0 Å². The summed E-state index contributed by atoms with van der Waals surface area (Å²) in [6, 6.07) is 19.4. The Hall–Kier alpha value is -2.19. The van der Waals surface area contributed by atoms with Crippen molar-refractivity contribution in [2.45, 2.75) is 0 Å². The van der Waals surface area contributed by atoms with Gasteiger partial charge in [-0.3, -0.25) is 4.99 Å². The van der Waals surface area contributed by atoms with Gasteiger partial charge in [-0.25, -0.2) is 4.98 Å². The smallest absolute Gasteiger partial charge is 0.0820 e. The second-order valence-corrected chi connectivity index (χ2v) is 4.60. The van der Waals surface area contributed by atoms with Gasteiger partial charge in [0, 0.05) is 10.4 Å². The van der Waals surface area contributed by atoms with E-state index in [1.54, 1.807) is 6.21 Å². The summed E-state index contributed by atoms with van der Waals surface area (Å²) < 4.78 is 0. The van der Waals surface area contributed by atoms with Gasteiger partial charge in [-0.05, 0) is 30.3 Å². The van der Waals surface area contributed by atoms with Crippen LogP contribution in [0.2, 0.25) is 5.02 Å². The maximum absolute atomic E-state index is 5.92. The Morgan fingerprint density at radius 2 is 1.84 bits per heavy atom. The molecular weight excluding hydrogens is 256 g/mol. The van der Waals surface area contributed by atoms with Gasteiger partial charge in [-0.15, -0.1) is 0 Å². The van der Waals surface area contributed by atoms with Gasteiger partial charge in [0.05, 0.1) is 23.1 Å². The Balaban J connectivity index is 1.92. The molecule has 0 atom stereocenters. The van der Waals surface area contributed by atoms with E-state index < -0.39 is 0 Å². The number of para-hydroxylation sites is 1. The van der Waals surface area contributed by atoms with Crippen LogP contribution in [0.1, 0.15) is 5.69 Å². The molecule has 0 fully saturated rings. The lowest BCUT2D eigenvalue weighted by molar-refractivity contribution is 1.37. The molecule has 3 rings (SSSR count). The highest BCUT2D eigenvalue weighted by Crippen LogP contribution is 2.18. The van der Waals surface area contributed by atoms with E-state index >= 15 is 0 Å². The van der Waals surface area contributed by atoms with Crippen molar-refractivity contribution >= 4 is 34.4 Å². The van der Waals surface area contributed by atoms with Crippen molar-refractivity contribution < 1.29 is 0 Å². The standard InChI is InChI=1S/C16H11ClN2/c17-13-5-3-6-14(10-13)18-11-15-9-8-12-4-1-2-7-16(12)19-15/h1-11H. The van der Waals surface area contributed by atoms with Crippen molar-refractivity contribution in [2.75, 3.05) is 0 Å². The van der Waals surface area contributed by atoms with E-state index in [1.165, 1.54) is 0 Å². The van der Waals surface area contributed by atoms with Gasteiger partial charge >= 0.3 is 0 Å². The Bertz CT molecular complexity index is 750. The van der Waals surface area contributed by atoms with E-state index in [0.717, 1.165) is 22.3 Å². The van der Waals surface area contributed by atoms with Crippen molar-refractivity contribution in [3.8, 4) is 0 Å². The Kier molecular flexibility index (Phi) is 3.25. The van der Waals surface area contributed by atoms with Crippen LogP contribution in [0.15, 0.2) is 65.7 Å². The van der Waals surface area contributed by atoms with Crippen molar-refractivity contribution in [1.82, 2.24) is 4.98 Å². The molecule has 3 heteroatoms. The van der Waals surface area contributed by atoms with Crippen LogP contribution < -0.4 is 0 Å². The Morgan fingerprint density at radius 1 is 0.947 bits per heavy atom. The van der Waals surface area contributed by atoms with Crippen molar-refractivity contribution in [3.05, 3.63) is 71.4 Å². The zero-order valence-electron chi connectivity index (χ0n) is 10.1. The number of nitrogens with zero attached hydrogens (tertiary/aromatic N) is 2. The number of hydrogen-bond donors (Lipinski definition) is 0. The van der Waals surface area contributed by atoms with Gasteiger partial charge < -0.3 is 0 Å². The molecule has 0 aliphatic heterocycles. The van der Waals surface area contributed by atoms with Gasteiger partial charge in [-0.2, -0.15) is 0 Å². The zero-order valence-corrected chi connectivity index (χ0v) is 10.9. The summed E-state index contributed by atoms with van der Waals surface area (Å²) >= 11 is 5.92. The predicted octanol–water partition coefficient (Wildman–Crippen LogP) is 4.64. The summed E-state index contributed by atoms with van der Waals surface area (Å²) in [6.45, 7) is 0. The van der Waals surface area contributed by atoms with Crippen LogP contribution in [-0.2, 0) is 0 Å². The molecule has 0 saturated carbocycles. The molecule has 0 amide bonds. The fraction of sp³-hybridized carbons (Fsp3) is 0. The average molecular weight is 267 g/mol. The van der Waals surface area contributed by atoms with Crippen LogP contribution in [0.5, 0.6) is 0 Å². The molecule has 92 valence electrons. The lowest BCUT2D eigenvalue weighted by atomic mass is 10.2. The summed E-state index contributed by atoms with van der Waals surface area (Å²) in [5.74, 6) is 0. The predicted molar refractivity (Wildman–Crippen MR) is 80.4 cm³/mol. The molecule has 0 unspecified atom stereocenters. The molecule has 0 radical (unpaired) electrons. The summed E-state index contributed by atoms with van der Waals surface area (Å²) in [5.41, 5.74) is 2.62.